The van der Waals surface area contributed by atoms with Crippen molar-refractivity contribution in [3.63, 3.8) is 0 Å². The molecule has 5 N–H and O–H groups in total. The molecule has 1 unspecified atom stereocenters. The van der Waals surface area contributed by atoms with Gasteiger partial charge in [-0.25, -0.2) is 18.5 Å². The highest BCUT2D eigenvalue weighted by Gasteiger charge is 2.33. The van der Waals surface area contributed by atoms with Crippen molar-refractivity contribution in [2.24, 2.45) is 7.05 Å². The van der Waals surface area contributed by atoms with Gasteiger partial charge < -0.3 is 19.9 Å². The van der Waals surface area contributed by atoms with Crippen LogP contribution in [0.4, 0.5) is 10.5 Å². The Morgan fingerprint density at radius 3 is 2.67 bits per heavy atom. The van der Waals surface area contributed by atoms with Crippen LogP contribution in [0.1, 0.15) is 31.4 Å². The third kappa shape index (κ3) is 5.22. The van der Waals surface area contributed by atoms with Gasteiger partial charge in [-0.15, -0.1) is 0 Å². The van der Waals surface area contributed by atoms with Gasteiger partial charge in [0.2, 0.25) is 5.56 Å². The van der Waals surface area contributed by atoms with Gasteiger partial charge in [-0.2, -0.15) is 5.10 Å². The molecule has 2 aromatic heterocycles. The predicted molar refractivity (Wildman–Crippen MR) is 137 cm³/mol. The summed E-state index contributed by atoms with van der Waals surface area (Å²) in [6, 6.07) is 7.57. The summed E-state index contributed by atoms with van der Waals surface area (Å²) in [6.45, 7) is 3.36. The molecule has 0 radical (unpaired) electrons. The van der Waals surface area contributed by atoms with Crippen LogP contribution in [-0.2, 0) is 36.3 Å². The topological polar surface area (TPSA) is 162 Å². The number of anilines is 1. The van der Waals surface area contributed by atoms with Gasteiger partial charge in [-0.3, -0.25) is 9.48 Å². The van der Waals surface area contributed by atoms with Crippen LogP contribution >= 0.6 is 0 Å². The predicted octanol–water partition coefficient (Wildman–Crippen LogP) is 2.13. The molecule has 2 heterocycles. The lowest BCUT2D eigenvalue weighted by molar-refractivity contribution is 0.256. The van der Waals surface area contributed by atoms with Crippen molar-refractivity contribution in [2.45, 2.75) is 50.0 Å². The number of aromatic nitrogens is 3. The minimum Gasteiger partial charge on any atom is -0.427 e. The first-order valence-electron chi connectivity index (χ1n) is 11.5. The SMILES string of the molecule is Cn1cc(-c2ccc3c(c2NC(=O)NS(=N)(=O)c2ccn(CC(C)(C)B(O)O)n2)CCC3)ccc1=O. The molecule has 0 saturated carbocycles. The quantitative estimate of drug-likeness (QED) is 0.305. The summed E-state index contributed by atoms with van der Waals surface area (Å²) < 4.78 is 26.3. The molecule has 0 aliphatic heterocycles. The van der Waals surface area contributed by atoms with Gasteiger partial charge in [-0.05, 0) is 42.5 Å². The minimum atomic E-state index is -3.80. The van der Waals surface area contributed by atoms with Crippen LogP contribution in [0.3, 0.4) is 0 Å². The van der Waals surface area contributed by atoms with E-state index in [4.69, 9.17) is 4.78 Å². The van der Waals surface area contributed by atoms with Crippen LogP contribution in [0, 0.1) is 4.78 Å². The normalized spacial score (nSPS) is 14.7. The number of pyridine rings is 1. The smallest absolute Gasteiger partial charge is 0.427 e. The third-order valence-corrected chi connectivity index (χ3v) is 7.61. The molecule has 13 heteroatoms. The number of rotatable bonds is 7. The lowest BCUT2D eigenvalue weighted by Crippen LogP contribution is -2.34. The highest BCUT2D eigenvalue weighted by atomic mass is 32.2. The van der Waals surface area contributed by atoms with Crippen molar-refractivity contribution >= 4 is 28.8 Å². The zero-order valence-electron chi connectivity index (χ0n) is 20.3. The average Bonchev–Trinajstić information content (AvgIpc) is 3.45. The van der Waals surface area contributed by atoms with E-state index in [2.05, 4.69) is 15.1 Å². The molecule has 36 heavy (non-hydrogen) atoms. The number of amides is 2. The molecule has 2 amide bonds. The first kappa shape index (κ1) is 25.7. The minimum absolute atomic E-state index is 0.103. The fourth-order valence-electron chi connectivity index (χ4n) is 4.21. The number of carbonyl (C=O) groups excluding carboxylic acids is 1. The Labute approximate surface area is 209 Å². The van der Waals surface area contributed by atoms with Crippen LogP contribution in [0.15, 0.2) is 52.5 Å². The Balaban J connectivity index is 1.58. The Kier molecular flexibility index (Phi) is 6.82. The summed E-state index contributed by atoms with van der Waals surface area (Å²) in [5, 5.41) is 24.8. The van der Waals surface area contributed by atoms with Crippen LogP contribution in [-0.4, -0.2) is 41.8 Å². The lowest BCUT2D eigenvalue weighted by atomic mass is 9.60. The van der Waals surface area contributed by atoms with Gasteiger partial charge >= 0.3 is 13.1 Å². The summed E-state index contributed by atoms with van der Waals surface area (Å²) in [5.41, 5.74) is 3.94. The van der Waals surface area contributed by atoms with Gasteiger partial charge in [0.05, 0.1) is 5.69 Å². The Morgan fingerprint density at radius 2 is 1.97 bits per heavy atom. The number of nitrogens with one attached hydrogen (secondary N) is 3. The van der Waals surface area contributed by atoms with Gasteiger partial charge in [0.1, 0.15) is 0 Å². The number of nitrogens with zero attached hydrogens (tertiary/aromatic N) is 3. The van der Waals surface area contributed by atoms with Gasteiger partial charge in [-0.1, -0.05) is 26.0 Å². The number of benzene rings is 1. The second-order valence-corrected chi connectivity index (χ2v) is 11.4. The van der Waals surface area contributed by atoms with Crippen LogP contribution in [0.5, 0.6) is 0 Å². The highest BCUT2D eigenvalue weighted by Crippen LogP contribution is 2.37. The van der Waals surface area contributed by atoms with Crippen LogP contribution in [0.2, 0.25) is 5.31 Å². The molecule has 1 aliphatic rings. The maximum absolute atomic E-state index is 13.1. The molecule has 4 rings (SSSR count). The molecule has 3 aromatic rings. The zero-order valence-corrected chi connectivity index (χ0v) is 21.1. The number of aryl methyl sites for hydroxylation is 2. The Hall–Kier alpha value is -3.42. The van der Waals surface area contributed by atoms with E-state index in [9.17, 15) is 23.8 Å². The van der Waals surface area contributed by atoms with E-state index < -0.39 is 28.4 Å². The van der Waals surface area contributed by atoms with Crippen molar-refractivity contribution < 1.29 is 19.1 Å². The van der Waals surface area contributed by atoms with Gasteiger partial charge in [0.15, 0.2) is 14.9 Å². The molecular formula is C23H29BN6O5S. The number of fused-ring (bicyclic) bond motifs is 1. The van der Waals surface area contributed by atoms with Crippen molar-refractivity contribution in [3.05, 3.63) is 64.2 Å². The van der Waals surface area contributed by atoms with Crippen molar-refractivity contribution in [1.29, 1.82) is 4.78 Å². The molecular weight excluding hydrogens is 483 g/mol. The first-order chi connectivity index (χ1) is 16.9. The molecule has 1 aliphatic carbocycles. The molecule has 0 bridgehead atoms. The van der Waals surface area contributed by atoms with Crippen molar-refractivity contribution in [1.82, 2.24) is 19.1 Å². The molecule has 0 saturated heterocycles. The van der Waals surface area contributed by atoms with Crippen LogP contribution < -0.4 is 15.6 Å². The largest absolute Gasteiger partial charge is 0.459 e. The second-order valence-electron chi connectivity index (χ2n) is 9.67. The van der Waals surface area contributed by atoms with E-state index in [1.807, 2.05) is 12.1 Å². The van der Waals surface area contributed by atoms with Gasteiger partial charge in [0.25, 0.3) is 0 Å². The summed E-state index contributed by atoms with van der Waals surface area (Å²) in [6.07, 6.45) is 5.73. The Bertz CT molecular complexity index is 1480. The first-order valence-corrected chi connectivity index (χ1v) is 13.0. The maximum atomic E-state index is 13.1. The number of hydrogen-bond donors (Lipinski definition) is 5. The van der Waals surface area contributed by atoms with Crippen molar-refractivity contribution in [3.8, 4) is 11.1 Å². The number of hydrogen-bond acceptors (Lipinski definition) is 7. The highest BCUT2D eigenvalue weighted by molar-refractivity contribution is 7.91. The van der Waals surface area contributed by atoms with E-state index in [0.717, 1.165) is 36.0 Å². The molecule has 190 valence electrons. The maximum Gasteiger partial charge on any atom is 0.459 e. The number of carbonyl (C=O) groups is 1. The molecule has 1 aromatic carbocycles. The molecule has 11 nitrogen and oxygen atoms in total. The summed E-state index contributed by atoms with van der Waals surface area (Å²) in [4.78, 5) is 24.8. The fraction of sp³-hybridized carbons (Fsp3) is 0.348. The van der Waals surface area contributed by atoms with Crippen molar-refractivity contribution in [2.75, 3.05) is 5.32 Å². The van der Waals surface area contributed by atoms with E-state index in [0.29, 0.717) is 11.3 Å². The number of urea groups is 1. The van der Waals surface area contributed by atoms with E-state index in [-0.39, 0.29) is 17.1 Å². The molecule has 0 fully saturated rings. The average molecular weight is 512 g/mol. The Morgan fingerprint density at radius 1 is 1.22 bits per heavy atom. The fourth-order valence-corrected chi connectivity index (χ4v) is 5.10. The van der Waals surface area contributed by atoms with E-state index >= 15 is 0 Å². The summed E-state index contributed by atoms with van der Waals surface area (Å²) in [7, 11) is -3.75. The standard InChI is InChI=1S/C23H29BN6O5S/c1-23(2,24(33)34)14-30-12-11-19(27-30)36(25,35)28-22(32)26-21-17-6-4-5-15(17)7-9-18(21)16-8-10-20(31)29(3)13-16/h7-13,33-34H,4-6,14H2,1-3H3,(H3,25,26,28,32,35). The van der Waals surface area contributed by atoms with Gasteiger partial charge in [0, 0.05) is 48.5 Å². The third-order valence-electron chi connectivity index (χ3n) is 6.33. The van der Waals surface area contributed by atoms with Crippen LogP contribution in [0.25, 0.3) is 11.1 Å². The zero-order chi connectivity index (χ0) is 26.3. The van der Waals surface area contributed by atoms with E-state index in [1.54, 1.807) is 33.2 Å². The monoisotopic (exact) mass is 512 g/mol. The second kappa shape index (κ2) is 9.56. The summed E-state index contributed by atoms with van der Waals surface area (Å²) in [5.74, 6) is 0. The molecule has 1 atom stereocenters. The lowest BCUT2D eigenvalue weighted by Gasteiger charge is -2.22. The van der Waals surface area contributed by atoms with E-state index in [1.165, 1.54) is 27.6 Å². The molecule has 0 spiro atoms. The summed E-state index contributed by atoms with van der Waals surface area (Å²) >= 11 is 0.